The minimum Gasteiger partial charge on any atom is -0.353 e. The molecule has 0 amide bonds. The predicted octanol–water partition coefficient (Wildman–Crippen LogP) is 3.10. The van der Waals surface area contributed by atoms with Gasteiger partial charge in [-0.2, -0.15) is 0 Å². The zero-order valence-corrected chi connectivity index (χ0v) is 15.4. The number of anilines is 2. The Bertz CT molecular complexity index is 916. The molecule has 0 aromatic carbocycles. The summed E-state index contributed by atoms with van der Waals surface area (Å²) in [6.07, 6.45) is 4.78. The van der Waals surface area contributed by atoms with Gasteiger partial charge in [0.05, 0.1) is 6.20 Å². The predicted molar refractivity (Wildman–Crippen MR) is 103 cm³/mol. The second-order valence-corrected chi connectivity index (χ2v) is 6.76. The van der Waals surface area contributed by atoms with Crippen LogP contribution in [0, 0.1) is 12.7 Å². The fourth-order valence-electron chi connectivity index (χ4n) is 3.38. The van der Waals surface area contributed by atoms with Gasteiger partial charge in [-0.3, -0.25) is 4.98 Å². The van der Waals surface area contributed by atoms with Gasteiger partial charge in [-0.15, -0.1) is 0 Å². The van der Waals surface area contributed by atoms with E-state index in [-0.39, 0.29) is 11.9 Å². The van der Waals surface area contributed by atoms with E-state index in [1.54, 1.807) is 18.5 Å². The summed E-state index contributed by atoms with van der Waals surface area (Å²) in [6.45, 7) is 6.54. The van der Waals surface area contributed by atoms with Gasteiger partial charge in [0, 0.05) is 55.4 Å². The third kappa shape index (κ3) is 3.72. The molecule has 0 radical (unpaired) electrons. The average molecular weight is 364 g/mol. The average Bonchev–Trinajstić information content (AvgIpc) is 2.69. The van der Waals surface area contributed by atoms with E-state index in [2.05, 4.69) is 31.7 Å². The molecule has 6 nitrogen and oxygen atoms in total. The second kappa shape index (κ2) is 7.26. The van der Waals surface area contributed by atoms with Crippen LogP contribution < -0.4 is 9.80 Å². The van der Waals surface area contributed by atoms with Crippen LogP contribution in [0.2, 0.25) is 0 Å². The molecule has 0 bridgehead atoms. The maximum Gasteiger partial charge on any atom is 0.163 e. The first-order valence-electron chi connectivity index (χ1n) is 8.99. The maximum atomic E-state index is 13.1. The molecule has 3 aromatic rings. The zero-order valence-electron chi connectivity index (χ0n) is 15.4. The molecule has 4 rings (SSSR count). The Balaban J connectivity index is 1.55. The molecular weight excluding hydrogens is 343 g/mol. The third-order valence-electron chi connectivity index (χ3n) is 4.72. The highest BCUT2D eigenvalue weighted by Crippen LogP contribution is 2.24. The molecule has 1 fully saturated rings. The first-order valence-corrected chi connectivity index (χ1v) is 8.99. The number of piperazine rings is 1. The molecule has 3 aromatic heterocycles. The number of hydrogen-bond acceptors (Lipinski definition) is 6. The smallest absolute Gasteiger partial charge is 0.163 e. The molecule has 27 heavy (non-hydrogen) atoms. The molecule has 1 aliphatic rings. The van der Waals surface area contributed by atoms with Gasteiger partial charge in [0.1, 0.15) is 17.5 Å². The van der Waals surface area contributed by atoms with Crippen LogP contribution in [0.15, 0.2) is 48.9 Å². The van der Waals surface area contributed by atoms with E-state index in [4.69, 9.17) is 4.98 Å². The fourth-order valence-corrected chi connectivity index (χ4v) is 3.38. The van der Waals surface area contributed by atoms with E-state index >= 15 is 0 Å². The van der Waals surface area contributed by atoms with Crippen LogP contribution in [0.25, 0.3) is 11.4 Å². The maximum absolute atomic E-state index is 13.1. The molecule has 1 atom stereocenters. The minimum absolute atomic E-state index is 0.230. The van der Waals surface area contributed by atoms with Crippen molar-refractivity contribution >= 4 is 11.6 Å². The van der Waals surface area contributed by atoms with Gasteiger partial charge in [0.25, 0.3) is 0 Å². The summed E-state index contributed by atoms with van der Waals surface area (Å²) in [6, 6.07) is 9.28. The molecule has 4 heterocycles. The molecule has 0 aliphatic carbocycles. The zero-order chi connectivity index (χ0) is 18.8. The summed E-state index contributed by atoms with van der Waals surface area (Å²) in [5.74, 6) is 2.09. The summed E-state index contributed by atoms with van der Waals surface area (Å²) >= 11 is 0. The van der Waals surface area contributed by atoms with Gasteiger partial charge in [-0.1, -0.05) is 0 Å². The number of aromatic nitrogens is 4. The van der Waals surface area contributed by atoms with Gasteiger partial charge < -0.3 is 9.80 Å². The molecule has 7 heteroatoms. The van der Waals surface area contributed by atoms with E-state index in [0.29, 0.717) is 5.82 Å². The molecule has 1 saturated heterocycles. The Hall–Kier alpha value is -3.09. The van der Waals surface area contributed by atoms with Gasteiger partial charge in [-0.25, -0.2) is 19.3 Å². The number of halogens is 1. The van der Waals surface area contributed by atoms with Crippen LogP contribution in [-0.2, 0) is 0 Å². The summed E-state index contributed by atoms with van der Waals surface area (Å²) in [4.78, 5) is 22.2. The lowest BCUT2D eigenvalue weighted by molar-refractivity contribution is 0.540. The monoisotopic (exact) mass is 364 g/mol. The van der Waals surface area contributed by atoms with Crippen molar-refractivity contribution in [3.63, 3.8) is 0 Å². The normalized spacial score (nSPS) is 17.2. The van der Waals surface area contributed by atoms with Crippen molar-refractivity contribution in [1.82, 2.24) is 19.9 Å². The van der Waals surface area contributed by atoms with Gasteiger partial charge >= 0.3 is 0 Å². The van der Waals surface area contributed by atoms with Gasteiger partial charge in [0.2, 0.25) is 0 Å². The Morgan fingerprint density at radius 1 is 1.07 bits per heavy atom. The molecular formula is C20H21FN6. The number of rotatable bonds is 3. The Morgan fingerprint density at radius 3 is 2.67 bits per heavy atom. The van der Waals surface area contributed by atoms with E-state index in [9.17, 15) is 4.39 Å². The fraction of sp³-hybridized carbons (Fsp3) is 0.300. The summed E-state index contributed by atoms with van der Waals surface area (Å²) in [7, 11) is 0. The van der Waals surface area contributed by atoms with Crippen LogP contribution in [0.4, 0.5) is 16.0 Å². The molecule has 1 aliphatic heterocycles. The Kier molecular flexibility index (Phi) is 4.66. The van der Waals surface area contributed by atoms with Gasteiger partial charge in [-0.05, 0) is 38.1 Å². The van der Waals surface area contributed by atoms with E-state index in [1.165, 1.54) is 12.3 Å². The van der Waals surface area contributed by atoms with Crippen molar-refractivity contribution in [1.29, 1.82) is 0 Å². The lowest BCUT2D eigenvalue weighted by atomic mass is 10.1. The first-order chi connectivity index (χ1) is 13.1. The summed E-state index contributed by atoms with van der Waals surface area (Å²) in [5, 5.41) is 0. The van der Waals surface area contributed by atoms with Crippen molar-refractivity contribution in [2.75, 3.05) is 29.4 Å². The molecule has 0 spiro atoms. The topological polar surface area (TPSA) is 58.0 Å². The quantitative estimate of drug-likeness (QED) is 0.712. The summed E-state index contributed by atoms with van der Waals surface area (Å²) in [5.41, 5.74) is 1.83. The molecule has 0 N–H and O–H groups in total. The molecule has 0 saturated carbocycles. The highest BCUT2D eigenvalue weighted by atomic mass is 19.1. The highest BCUT2D eigenvalue weighted by molar-refractivity contribution is 5.57. The number of hydrogen-bond donors (Lipinski definition) is 0. The molecule has 138 valence electrons. The largest absolute Gasteiger partial charge is 0.353 e. The van der Waals surface area contributed by atoms with Crippen molar-refractivity contribution < 1.29 is 4.39 Å². The number of pyridine rings is 2. The highest BCUT2D eigenvalue weighted by Gasteiger charge is 2.26. The van der Waals surface area contributed by atoms with Crippen molar-refractivity contribution in [2.24, 2.45) is 0 Å². The first kappa shape index (κ1) is 17.3. The SMILES string of the molecule is Cc1cc(N2CCN(c3ccc(F)cn3)C(C)C2)nc(-c2cccnc2)n1. The van der Waals surface area contributed by atoms with Crippen molar-refractivity contribution in [2.45, 2.75) is 19.9 Å². The number of nitrogens with zero attached hydrogens (tertiary/aromatic N) is 6. The van der Waals surface area contributed by atoms with Crippen LogP contribution >= 0.6 is 0 Å². The Labute approximate surface area is 157 Å². The van der Waals surface area contributed by atoms with Crippen LogP contribution in [0.5, 0.6) is 0 Å². The van der Waals surface area contributed by atoms with Crippen molar-refractivity contribution in [3.8, 4) is 11.4 Å². The molecule has 1 unspecified atom stereocenters. The Morgan fingerprint density at radius 2 is 1.96 bits per heavy atom. The minimum atomic E-state index is -0.315. The standard InChI is InChI=1S/C20H21FN6/c1-14-10-19(25-20(24-14)16-4-3-7-22-11-16)26-8-9-27(15(2)13-26)18-6-5-17(21)12-23-18/h3-7,10-12,15H,8-9,13H2,1-2H3. The lowest BCUT2D eigenvalue weighted by Gasteiger charge is -2.41. The van der Waals surface area contributed by atoms with Gasteiger partial charge in [0.15, 0.2) is 5.82 Å². The third-order valence-corrected chi connectivity index (χ3v) is 4.72. The van der Waals surface area contributed by atoms with Crippen LogP contribution in [-0.4, -0.2) is 45.6 Å². The van der Waals surface area contributed by atoms with Crippen molar-refractivity contribution in [3.05, 3.63) is 60.4 Å². The summed E-state index contributed by atoms with van der Waals surface area (Å²) < 4.78 is 13.1. The van der Waals surface area contributed by atoms with E-state index < -0.39 is 0 Å². The number of aryl methyl sites for hydroxylation is 1. The van der Waals surface area contributed by atoms with Crippen LogP contribution in [0.1, 0.15) is 12.6 Å². The van der Waals surface area contributed by atoms with E-state index in [0.717, 1.165) is 42.5 Å². The van der Waals surface area contributed by atoms with E-state index in [1.807, 2.05) is 25.1 Å². The lowest BCUT2D eigenvalue weighted by Crippen LogP contribution is -2.52. The van der Waals surface area contributed by atoms with Crippen LogP contribution in [0.3, 0.4) is 0 Å². The second-order valence-electron chi connectivity index (χ2n) is 6.76.